The Kier molecular flexibility index (Phi) is 9.65. The van der Waals surface area contributed by atoms with E-state index in [1.165, 1.54) is 10.8 Å². The summed E-state index contributed by atoms with van der Waals surface area (Å²) < 4.78 is 12.0. The van der Waals surface area contributed by atoms with Gasteiger partial charge in [-0.2, -0.15) is 0 Å². The minimum atomic E-state index is -0.482. The number of esters is 1. The van der Waals surface area contributed by atoms with Crippen molar-refractivity contribution in [2.75, 3.05) is 13.2 Å². The number of carbonyl (C=O) groups is 1. The Balaban J connectivity index is 2.34. The number of aryl methyl sites for hydroxylation is 1. The van der Waals surface area contributed by atoms with Crippen LogP contribution in [-0.2, 0) is 16.1 Å². The molecule has 0 bridgehead atoms. The number of hydrogen-bond acceptors (Lipinski definition) is 5. The van der Waals surface area contributed by atoms with Crippen molar-refractivity contribution in [3.63, 3.8) is 0 Å². The van der Waals surface area contributed by atoms with Crippen LogP contribution >= 0.6 is 0 Å². The van der Waals surface area contributed by atoms with E-state index in [4.69, 9.17) is 9.47 Å². The number of rotatable bonds is 12. The van der Waals surface area contributed by atoms with Crippen LogP contribution in [0, 0.1) is 5.92 Å². The highest BCUT2D eigenvalue weighted by Gasteiger charge is 2.08. The van der Waals surface area contributed by atoms with Crippen LogP contribution in [0.2, 0.25) is 0 Å². The van der Waals surface area contributed by atoms with Gasteiger partial charge in [-0.25, -0.2) is 4.79 Å². The van der Waals surface area contributed by atoms with Crippen LogP contribution in [0.4, 0.5) is 0 Å². The summed E-state index contributed by atoms with van der Waals surface area (Å²) in [6.07, 6.45) is 6.77. The van der Waals surface area contributed by atoms with E-state index in [0.29, 0.717) is 19.8 Å². The summed E-state index contributed by atoms with van der Waals surface area (Å²) in [5.41, 5.74) is -0.900. The lowest BCUT2D eigenvalue weighted by molar-refractivity contribution is -0.147. The number of hydrogen-bond donors (Lipinski definition) is 1. The minimum Gasteiger partial charge on any atom is -0.487 e. The second-order valence-electron chi connectivity index (χ2n) is 6.38. The highest BCUT2D eigenvalue weighted by Crippen LogP contribution is 2.05. The highest BCUT2D eigenvalue weighted by molar-refractivity contribution is 5.71. The third-order valence-corrected chi connectivity index (χ3v) is 3.74. The van der Waals surface area contributed by atoms with Gasteiger partial charge in [0.1, 0.15) is 0 Å². The lowest BCUT2D eigenvalue weighted by Crippen LogP contribution is -2.30. The Morgan fingerprint density at radius 1 is 1.12 bits per heavy atom. The maximum Gasteiger partial charge on any atom is 0.328 e. The van der Waals surface area contributed by atoms with Gasteiger partial charge in [0.05, 0.1) is 25.3 Å². The first kappa shape index (κ1) is 21.0. The van der Waals surface area contributed by atoms with Crippen molar-refractivity contribution in [2.45, 2.75) is 65.8 Å². The van der Waals surface area contributed by atoms with Crippen molar-refractivity contribution in [3.05, 3.63) is 27.0 Å². The van der Waals surface area contributed by atoms with E-state index in [9.17, 15) is 14.4 Å². The Labute approximate surface area is 148 Å². The maximum atomic E-state index is 11.8. The van der Waals surface area contributed by atoms with Crippen molar-refractivity contribution >= 4 is 5.97 Å². The fraction of sp³-hybridized carbons (Fsp3) is 0.722. The fourth-order valence-corrected chi connectivity index (χ4v) is 2.16. The number of ether oxygens (including phenoxy) is 2. The van der Waals surface area contributed by atoms with Gasteiger partial charge in [-0.1, -0.05) is 33.6 Å². The third kappa shape index (κ3) is 8.05. The smallest absolute Gasteiger partial charge is 0.328 e. The quantitative estimate of drug-likeness (QED) is 0.460. The van der Waals surface area contributed by atoms with Crippen molar-refractivity contribution in [3.8, 4) is 5.75 Å². The molecule has 0 aliphatic carbocycles. The number of aromatic nitrogens is 2. The number of nitrogens with zero attached hydrogens (tertiary/aromatic N) is 1. The second kappa shape index (κ2) is 11.5. The monoisotopic (exact) mass is 354 g/mol. The predicted molar refractivity (Wildman–Crippen MR) is 96.0 cm³/mol. The van der Waals surface area contributed by atoms with Crippen LogP contribution in [0.3, 0.4) is 0 Å². The Morgan fingerprint density at radius 2 is 1.84 bits per heavy atom. The van der Waals surface area contributed by atoms with Gasteiger partial charge in [0.2, 0.25) is 5.75 Å². The molecule has 0 saturated heterocycles. The second-order valence-corrected chi connectivity index (χ2v) is 6.38. The summed E-state index contributed by atoms with van der Waals surface area (Å²) in [4.78, 5) is 37.1. The summed E-state index contributed by atoms with van der Waals surface area (Å²) in [6, 6.07) is 0. The Morgan fingerprint density at radius 3 is 2.52 bits per heavy atom. The molecule has 0 aliphatic rings. The van der Waals surface area contributed by atoms with Gasteiger partial charge in [-0.05, 0) is 25.7 Å². The molecule has 0 spiro atoms. The molecule has 0 amide bonds. The lowest BCUT2D eigenvalue weighted by atomic mass is 10.2. The number of H-pyrrole nitrogens is 1. The molecule has 0 fully saturated rings. The molecule has 0 aliphatic heterocycles. The molecule has 1 N–H and O–H groups in total. The molecular weight excluding hydrogens is 324 g/mol. The number of nitrogens with one attached hydrogen (secondary N) is 1. The molecule has 142 valence electrons. The summed E-state index contributed by atoms with van der Waals surface area (Å²) in [6.45, 7) is 7.08. The molecule has 0 aromatic carbocycles. The predicted octanol–water partition coefficient (Wildman–Crippen LogP) is 2.48. The van der Waals surface area contributed by atoms with Crippen molar-refractivity contribution in [1.82, 2.24) is 9.55 Å². The average molecular weight is 354 g/mol. The van der Waals surface area contributed by atoms with E-state index >= 15 is 0 Å². The molecule has 0 atom stereocenters. The molecule has 7 nitrogen and oxygen atoms in total. The minimum absolute atomic E-state index is 0.0964. The summed E-state index contributed by atoms with van der Waals surface area (Å²) in [7, 11) is 0. The van der Waals surface area contributed by atoms with Gasteiger partial charge in [0, 0.05) is 6.54 Å². The first-order valence-corrected chi connectivity index (χ1v) is 9.09. The van der Waals surface area contributed by atoms with Gasteiger partial charge in [0.25, 0.3) is 5.56 Å². The zero-order chi connectivity index (χ0) is 18.7. The van der Waals surface area contributed by atoms with E-state index in [2.05, 4.69) is 4.98 Å². The molecule has 1 rings (SSSR count). The first-order valence-electron chi connectivity index (χ1n) is 9.09. The SMILES string of the molecule is CCCCOc1cn(CCCCCCOC(=O)C(C)C)c(=O)[nH]c1=O. The molecule has 1 aromatic rings. The summed E-state index contributed by atoms with van der Waals surface area (Å²) in [5.74, 6) is -0.0788. The number of carbonyl (C=O) groups excluding carboxylic acids is 1. The Bertz CT molecular complexity index is 633. The zero-order valence-corrected chi connectivity index (χ0v) is 15.5. The van der Waals surface area contributed by atoms with E-state index in [1.807, 2.05) is 20.8 Å². The van der Waals surface area contributed by atoms with Crippen LogP contribution in [0.5, 0.6) is 5.75 Å². The van der Waals surface area contributed by atoms with E-state index < -0.39 is 11.2 Å². The van der Waals surface area contributed by atoms with Crippen LogP contribution in [0.1, 0.15) is 59.3 Å². The maximum absolute atomic E-state index is 11.8. The topological polar surface area (TPSA) is 90.4 Å². The van der Waals surface area contributed by atoms with Crippen molar-refractivity contribution in [1.29, 1.82) is 0 Å². The van der Waals surface area contributed by atoms with E-state index in [1.54, 1.807) is 0 Å². The zero-order valence-electron chi connectivity index (χ0n) is 15.5. The molecule has 0 saturated carbocycles. The third-order valence-electron chi connectivity index (χ3n) is 3.74. The van der Waals surface area contributed by atoms with Gasteiger partial charge >= 0.3 is 11.7 Å². The lowest BCUT2D eigenvalue weighted by Gasteiger charge is -2.09. The Hall–Kier alpha value is -2.05. The average Bonchev–Trinajstić information content (AvgIpc) is 2.57. The molecule has 25 heavy (non-hydrogen) atoms. The molecular formula is C18H30N2O5. The molecule has 1 heterocycles. The van der Waals surface area contributed by atoms with Crippen LogP contribution in [0.25, 0.3) is 0 Å². The fourth-order valence-electron chi connectivity index (χ4n) is 2.16. The van der Waals surface area contributed by atoms with Gasteiger partial charge in [-0.3, -0.25) is 19.1 Å². The van der Waals surface area contributed by atoms with Gasteiger partial charge in [0.15, 0.2) is 0 Å². The van der Waals surface area contributed by atoms with Gasteiger partial charge in [-0.15, -0.1) is 0 Å². The van der Waals surface area contributed by atoms with E-state index in [-0.39, 0.29) is 17.6 Å². The molecule has 1 aromatic heterocycles. The molecule has 0 unspecified atom stereocenters. The van der Waals surface area contributed by atoms with Crippen LogP contribution < -0.4 is 16.0 Å². The van der Waals surface area contributed by atoms with E-state index in [0.717, 1.165) is 38.5 Å². The summed E-state index contributed by atoms with van der Waals surface area (Å²) >= 11 is 0. The van der Waals surface area contributed by atoms with Crippen LogP contribution in [-0.4, -0.2) is 28.7 Å². The highest BCUT2D eigenvalue weighted by atomic mass is 16.5. The number of aromatic amines is 1. The van der Waals surface area contributed by atoms with Crippen molar-refractivity contribution < 1.29 is 14.3 Å². The molecule has 7 heteroatoms. The van der Waals surface area contributed by atoms with Crippen LogP contribution in [0.15, 0.2) is 15.8 Å². The van der Waals surface area contributed by atoms with Gasteiger partial charge < -0.3 is 9.47 Å². The first-order chi connectivity index (χ1) is 12.0. The number of unbranched alkanes of at least 4 members (excludes halogenated alkanes) is 4. The molecule has 0 radical (unpaired) electrons. The standard InChI is InChI=1S/C18H30N2O5/c1-4-5-11-24-15-13-20(18(23)19-16(15)21)10-8-6-7-9-12-25-17(22)14(2)3/h13-14H,4-12H2,1-3H3,(H,19,21,23). The van der Waals surface area contributed by atoms with Crippen molar-refractivity contribution in [2.24, 2.45) is 5.92 Å². The largest absolute Gasteiger partial charge is 0.487 e. The normalized spacial score (nSPS) is 10.9. The summed E-state index contributed by atoms with van der Waals surface area (Å²) in [5, 5.41) is 0.